The van der Waals surface area contributed by atoms with Gasteiger partial charge in [-0.05, 0) is 20.4 Å². The Morgan fingerprint density at radius 3 is 3.00 bits per heavy atom. The van der Waals surface area contributed by atoms with Gasteiger partial charge in [0.2, 0.25) is 0 Å². The Hall–Kier alpha value is -1.09. The zero-order valence-corrected chi connectivity index (χ0v) is 7.50. The van der Waals surface area contributed by atoms with E-state index in [1.807, 2.05) is 26.1 Å². The number of hydrogen-bond acceptors (Lipinski definition) is 3. The van der Waals surface area contributed by atoms with E-state index < -0.39 is 0 Å². The van der Waals surface area contributed by atoms with Crippen molar-refractivity contribution < 1.29 is 4.52 Å². The zero-order valence-electron chi connectivity index (χ0n) is 7.50. The minimum atomic E-state index is 0.198. The molecule has 1 N–H and O–H groups in total. The van der Waals surface area contributed by atoms with Gasteiger partial charge < -0.3 is 9.84 Å². The largest absolute Gasteiger partial charge is 0.359 e. The highest BCUT2D eigenvalue weighted by Gasteiger charge is 2.11. The lowest BCUT2D eigenvalue weighted by atomic mass is 10.1. The highest BCUT2D eigenvalue weighted by molar-refractivity contribution is 5.08. The smallest absolute Gasteiger partial charge is 0.154 e. The van der Waals surface area contributed by atoms with E-state index in [1.54, 1.807) is 0 Å². The molecule has 0 saturated heterocycles. The maximum Gasteiger partial charge on any atom is 0.154 e. The molecule has 1 aromatic rings. The van der Waals surface area contributed by atoms with Gasteiger partial charge in [0.1, 0.15) is 0 Å². The Labute approximate surface area is 72.4 Å². The van der Waals surface area contributed by atoms with Crippen LogP contribution in [-0.2, 0) is 0 Å². The Bertz CT molecular complexity index is 255. The minimum absolute atomic E-state index is 0.198. The maximum atomic E-state index is 5.11. The predicted molar refractivity (Wildman–Crippen MR) is 47.9 cm³/mol. The fourth-order valence-electron chi connectivity index (χ4n) is 1.09. The second kappa shape index (κ2) is 4.07. The highest BCUT2D eigenvalue weighted by atomic mass is 16.5. The Kier molecular flexibility index (Phi) is 3.05. The molecule has 1 aromatic heterocycles. The molecule has 0 aliphatic heterocycles. The Balaban J connectivity index is 2.72. The predicted octanol–water partition coefficient (Wildman–Crippen LogP) is 1.82. The van der Waals surface area contributed by atoms with E-state index in [2.05, 4.69) is 17.1 Å². The third-order valence-corrected chi connectivity index (χ3v) is 1.74. The van der Waals surface area contributed by atoms with Crippen LogP contribution in [0, 0.1) is 6.92 Å². The molecule has 0 radical (unpaired) electrons. The molecule has 1 atom stereocenters. The summed E-state index contributed by atoms with van der Waals surface area (Å²) in [5.74, 6) is 0.870. The summed E-state index contributed by atoms with van der Waals surface area (Å²) in [4.78, 5) is 0. The van der Waals surface area contributed by atoms with Crippen LogP contribution in [0.15, 0.2) is 23.2 Å². The average molecular weight is 166 g/mol. The molecule has 0 bridgehead atoms. The lowest BCUT2D eigenvalue weighted by Gasteiger charge is -2.08. The van der Waals surface area contributed by atoms with E-state index in [0.717, 1.165) is 17.9 Å². The van der Waals surface area contributed by atoms with E-state index in [-0.39, 0.29) is 6.04 Å². The molecule has 66 valence electrons. The molecule has 1 unspecified atom stereocenters. The first kappa shape index (κ1) is 9.00. The van der Waals surface area contributed by atoms with E-state index in [1.165, 1.54) is 0 Å². The topological polar surface area (TPSA) is 38.1 Å². The van der Waals surface area contributed by atoms with Crippen LogP contribution in [0.2, 0.25) is 0 Å². The highest BCUT2D eigenvalue weighted by Crippen LogP contribution is 2.16. The van der Waals surface area contributed by atoms with Gasteiger partial charge in [-0.3, -0.25) is 0 Å². The summed E-state index contributed by atoms with van der Waals surface area (Å²) >= 11 is 0. The minimum Gasteiger partial charge on any atom is -0.359 e. The molecule has 1 rings (SSSR count). The van der Waals surface area contributed by atoms with Crippen molar-refractivity contribution in [2.45, 2.75) is 19.4 Å². The molecule has 1 heterocycles. The van der Waals surface area contributed by atoms with Crippen LogP contribution in [0.1, 0.15) is 23.9 Å². The van der Waals surface area contributed by atoms with E-state index in [0.29, 0.717) is 0 Å². The fourth-order valence-corrected chi connectivity index (χ4v) is 1.09. The standard InChI is InChI=1S/C9H14N2O/c1-4-5-8(10-3)9-6-7(2)11-12-9/h4,6,8,10H,1,5H2,2-3H3. The van der Waals surface area contributed by atoms with Gasteiger partial charge in [0.25, 0.3) is 0 Å². The van der Waals surface area contributed by atoms with Crippen molar-refractivity contribution in [2.75, 3.05) is 7.05 Å². The molecule has 0 aliphatic rings. The van der Waals surface area contributed by atoms with Gasteiger partial charge in [-0.1, -0.05) is 11.2 Å². The Morgan fingerprint density at radius 1 is 1.83 bits per heavy atom. The van der Waals surface area contributed by atoms with Gasteiger partial charge >= 0.3 is 0 Å². The Morgan fingerprint density at radius 2 is 2.58 bits per heavy atom. The van der Waals surface area contributed by atoms with Gasteiger partial charge in [-0.2, -0.15) is 0 Å². The lowest BCUT2D eigenvalue weighted by Crippen LogP contribution is -2.14. The number of nitrogens with one attached hydrogen (secondary N) is 1. The fraction of sp³-hybridized carbons (Fsp3) is 0.444. The van der Waals surface area contributed by atoms with Crippen LogP contribution in [-0.4, -0.2) is 12.2 Å². The summed E-state index contributed by atoms with van der Waals surface area (Å²) in [6.07, 6.45) is 2.71. The number of nitrogens with zero attached hydrogens (tertiary/aromatic N) is 1. The van der Waals surface area contributed by atoms with Gasteiger partial charge in [-0.25, -0.2) is 0 Å². The molecule has 12 heavy (non-hydrogen) atoms. The summed E-state index contributed by atoms with van der Waals surface area (Å²) in [6, 6.07) is 2.13. The lowest BCUT2D eigenvalue weighted by molar-refractivity contribution is 0.343. The maximum absolute atomic E-state index is 5.11. The number of aryl methyl sites for hydroxylation is 1. The normalized spacial score (nSPS) is 12.8. The molecular weight excluding hydrogens is 152 g/mol. The van der Waals surface area contributed by atoms with E-state index in [4.69, 9.17) is 4.52 Å². The van der Waals surface area contributed by atoms with Crippen molar-refractivity contribution in [3.05, 3.63) is 30.2 Å². The quantitative estimate of drug-likeness (QED) is 0.693. The van der Waals surface area contributed by atoms with Crippen LogP contribution in [0.3, 0.4) is 0 Å². The molecule has 0 saturated carbocycles. The third kappa shape index (κ3) is 1.95. The zero-order chi connectivity index (χ0) is 8.97. The van der Waals surface area contributed by atoms with Crippen molar-refractivity contribution in [1.29, 1.82) is 0 Å². The molecule has 0 spiro atoms. The number of rotatable bonds is 4. The number of hydrogen-bond donors (Lipinski definition) is 1. The summed E-state index contributed by atoms with van der Waals surface area (Å²) in [6.45, 7) is 5.59. The van der Waals surface area contributed by atoms with E-state index >= 15 is 0 Å². The molecule has 3 heteroatoms. The van der Waals surface area contributed by atoms with Crippen LogP contribution >= 0.6 is 0 Å². The summed E-state index contributed by atoms with van der Waals surface area (Å²) in [5.41, 5.74) is 0.911. The van der Waals surface area contributed by atoms with Crippen LogP contribution in [0.4, 0.5) is 0 Å². The molecular formula is C9H14N2O. The van der Waals surface area contributed by atoms with Gasteiger partial charge in [0, 0.05) is 6.07 Å². The molecule has 0 aliphatic carbocycles. The molecule has 3 nitrogen and oxygen atoms in total. The molecule has 0 aromatic carbocycles. The summed E-state index contributed by atoms with van der Waals surface area (Å²) in [5, 5.41) is 6.95. The van der Waals surface area contributed by atoms with Crippen LogP contribution < -0.4 is 5.32 Å². The monoisotopic (exact) mass is 166 g/mol. The first-order chi connectivity index (χ1) is 5.77. The van der Waals surface area contributed by atoms with Crippen LogP contribution in [0.25, 0.3) is 0 Å². The van der Waals surface area contributed by atoms with Gasteiger partial charge in [0.15, 0.2) is 5.76 Å². The number of aromatic nitrogens is 1. The second-order valence-corrected chi connectivity index (χ2v) is 2.74. The second-order valence-electron chi connectivity index (χ2n) is 2.74. The molecule has 0 amide bonds. The van der Waals surface area contributed by atoms with Gasteiger partial charge in [-0.15, -0.1) is 6.58 Å². The average Bonchev–Trinajstić information content (AvgIpc) is 2.47. The SMILES string of the molecule is C=CCC(NC)c1cc(C)no1. The van der Waals surface area contributed by atoms with Crippen molar-refractivity contribution in [2.24, 2.45) is 0 Å². The summed E-state index contributed by atoms with van der Waals surface area (Å²) < 4.78 is 5.11. The molecule has 0 fully saturated rings. The van der Waals surface area contributed by atoms with Crippen molar-refractivity contribution >= 4 is 0 Å². The first-order valence-corrected chi connectivity index (χ1v) is 3.99. The first-order valence-electron chi connectivity index (χ1n) is 3.99. The van der Waals surface area contributed by atoms with Crippen molar-refractivity contribution in [3.8, 4) is 0 Å². The summed E-state index contributed by atoms with van der Waals surface area (Å²) in [7, 11) is 1.89. The van der Waals surface area contributed by atoms with E-state index in [9.17, 15) is 0 Å². The van der Waals surface area contributed by atoms with Crippen LogP contribution in [0.5, 0.6) is 0 Å². The van der Waals surface area contributed by atoms with Crippen molar-refractivity contribution in [3.63, 3.8) is 0 Å². The third-order valence-electron chi connectivity index (χ3n) is 1.74. The van der Waals surface area contributed by atoms with Crippen molar-refractivity contribution in [1.82, 2.24) is 10.5 Å². The van der Waals surface area contributed by atoms with Gasteiger partial charge in [0.05, 0.1) is 11.7 Å².